The highest BCUT2D eigenvalue weighted by Crippen LogP contribution is 2.49. The van der Waals surface area contributed by atoms with Crippen molar-refractivity contribution in [2.24, 2.45) is 0 Å². The van der Waals surface area contributed by atoms with Crippen molar-refractivity contribution in [1.82, 2.24) is 36.5 Å². The van der Waals surface area contributed by atoms with Crippen LogP contribution in [0.2, 0.25) is 0 Å². The molecule has 0 saturated carbocycles. The van der Waals surface area contributed by atoms with Gasteiger partial charge in [-0.05, 0) is 221 Å². The first-order chi connectivity index (χ1) is 73.0. The van der Waals surface area contributed by atoms with E-state index in [-0.39, 0.29) is 0 Å². The molecule has 0 atom stereocenters. The number of thiophene rings is 1. The normalized spacial score (nSPS) is 11.9. The van der Waals surface area contributed by atoms with Gasteiger partial charge in [0, 0.05) is 152 Å². The summed E-state index contributed by atoms with van der Waals surface area (Å²) in [4.78, 5) is 0. The third kappa shape index (κ3) is 13.2. The summed E-state index contributed by atoms with van der Waals surface area (Å²) in [5, 5.41) is 22.8. The van der Waals surface area contributed by atoms with Gasteiger partial charge in [-0.15, -0.1) is 11.3 Å². The van der Waals surface area contributed by atoms with Gasteiger partial charge in [0.2, 0.25) is 0 Å². The van der Waals surface area contributed by atoms with Crippen molar-refractivity contribution in [2.45, 2.75) is 0 Å². The lowest BCUT2D eigenvalue weighted by Gasteiger charge is -2.13. The van der Waals surface area contributed by atoms with Crippen LogP contribution in [0.5, 0.6) is 0 Å². The zero-order chi connectivity index (χ0) is 96.4. The number of benzene rings is 23. The van der Waals surface area contributed by atoms with E-state index in [1.54, 1.807) is 0 Å². The number of nitrogens with zero attached hydrogens (tertiary/aromatic N) is 8. The second kappa shape index (κ2) is 33.7. The zero-order valence-electron chi connectivity index (χ0n) is 79.8. The van der Waals surface area contributed by atoms with E-state index < -0.39 is 0 Å². The molecule has 0 aliphatic rings. The number of aromatic nitrogens is 8. The van der Waals surface area contributed by atoms with Gasteiger partial charge in [0.25, 0.3) is 0 Å². The summed E-state index contributed by atoms with van der Waals surface area (Å²) in [6.07, 6.45) is 0. The molecule has 32 aromatic rings. The highest BCUT2D eigenvalue weighted by Gasteiger charge is 2.25. The molecule has 0 aliphatic heterocycles. The summed E-state index contributed by atoms with van der Waals surface area (Å²) in [7, 11) is 0. The van der Waals surface area contributed by atoms with Crippen LogP contribution in [0.15, 0.2) is 534 Å². The van der Waals surface area contributed by atoms with Crippen LogP contribution in [-0.4, -0.2) is 36.5 Å². The maximum Gasteiger partial charge on any atom is 0.0542 e. The maximum absolute atomic E-state index is 2.43. The van der Waals surface area contributed by atoms with Crippen molar-refractivity contribution in [3.8, 4) is 78.9 Å². The number of rotatable bonds is 11. The van der Waals surface area contributed by atoms with Crippen molar-refractivity contribution in [3.63, 3.8) is 0 Å². The topological polar surface area (TPSA) is 39.4 Å². The van der Waals surface area contributed by atoms with Crippen molar-refractivity contribution < 1.29 is 0 Å². The minimum atomic E-state index is 1.14. The molecule has 0 N–H and O–H groups in total. The van der Waals surface area contributed by atoms with E-state index in [9.17, 15) is 0 Å². The molecule has 23 aromatic carbocycles. The Hall–Kier alpha value is -19.3. The molecule has 0 aliphatic carbocycles. The summed E-state index contributed by atoms with van der Waals surface area (Å²) >= 11 is 1.91. The predicted molar refractivity (Wildman–Crippen MR) is 623 cm³/mol. The standard InChI is InChI=1S/C48H31N3.C48H30N2S.C42H27N3/c1-6-19-43-37(14-1)38-15-2-7-20-44(38)50(43)35-13-11-12-33(30-35)32-24-26-34(27-25-32)49-47-23-10-5-18-41(47)42-31-36(28-29-48(42)49)51-45-21-8-3-16-39(45)40-17-4-9-22-46(40)51;1-2-13-31(14-3-1)35-20-11-22-40-41-23-12-21-36(48(41)51-47(35)40)32-15-10-16-33(29-32)49-45-26-9-6-19-39(45)42-30-34(27-28-46(42)49)50-43-24-7-4-17-37(43)38-18-5-8-25-44(38)50;1-6-19-37-31(14-1)32-15-2-7-20-38(32)43(37)28-12-11-13-29(26-28)44-41-23-10-5-18-35(41)36-27-30(24-25-42(36)44)45-39-21-8-3-16-33(39)34-17-4-9-22-40(34)45/h1-31H;1-30H;1-27H. The fourth-order valence-corrected chi connectivity index (χ4v) is 25.6. The molecule has 0 fully saturated rings. The predicted octanol–water partition coefficient (Wildman–Crippen LogP) is 37.2. The molecule has 686 valence electrons. The lowest BCUT2D eigenvalue weighted by molar-refractivity contribution is 1.13. The van der Waals surface area contributed by atoms with Crippen molar-refractivity contribution in [3.05, 3.63) is 534 Å². The SMILES string of the molecule is c1cc(-c2ccc(-n3c4ccccc4c4cc(-n5c6ccccc6c6ccccc65)ccc43)cc2)cc(-n2c3ccccc3c3ccccc32)c1.c1cc(-n2c3ccccc3c3ccccc32)cc(-n2c3ccccc3c3cc(-n4c5ccccc5c5ccccc54)ccc32)c1.c1ccc(-c2cccc3c2sc2c(-c4cccc(-n5c6ccccc6c6cc(-n7c8ccccc8c8ccccc87)ccc65)c4)cccc23)cc1. The number of hydrogen-bond acceptors (Lipinski definition) is 1. The second-order valence-electron chi connectivity index (χ2n) is 38.5. The number of para-hydroxylation sites is 13. The van der Waals surface area contributed by atoms with Crippen LogP contribution in [0.25, 0.3) is 273 Å². The molecule has 0 radical (unpaired) electrons. The van der Waals surface area contributed by atoms with Gasteiger partial charge in [0.05, 0.1) is 88.3 Å². The van der Waals surface area contributed by atoms with Crippen molar-refractivity contribution in [1.29, 1.82) is 0 Å². The van der Waals surface area contributed by atoms with Gasteiger partial charge >= 0.3 is 0 Å². The zero-order valence-corrected chi connectivity index (χ0v) is 80.6. The molecular formula is C138H88N8S. The summed E-state index contributed by atoms with van der Waals surface area (Å²) in [6, 6.07) is 194. The molecule has 8 nitrogen and oxygen atoms in total. The first-order valence-corrected chi connectivity index (χ1v) is 51.2. The molecule has 32 rings (SSSR count). The van der Waals surface area contributed by atoms with Crippen LogP contribution in [0.4, 0.5) is 0 Å². The Morgan fingerprint density at radius 2 is 0.293 bits per heavy atom. The highest BCUT2D eigenvalue weighted by atomic mass is 32.1. The summed E-state index contributed by atoms with van der Waals surface area (Å²) in [5.74, 6) is 0. The molecule has 9 aromatic heterocycles. The Balaban J connectivity index is 0.000000102. The fraction of sp³-hybridized carbons (Fsp3) is 0. The third-order valence-electron chi connectivity index (χ3n) is 30.6. The van der Waals surface area contributed by atoms with Crippen LogP contribution in [0.1, 0.15) is 0 Å². The van der Waals surface area contributed by atoms with Crippen LogP contribution >= 0.6 is 11.3 Å². The monoisotopic (exact) mass is 1890 g/mol. The second-order valence-corrected chi connectivity index (χ2v) is 39.5. The van der Waals surface area contributed by atoms with Crippen LogP contribution in [0.3, 0.4) is 0 Å². The van der Waals surface area contributed by atoms with Gasteiger partial charge in [0.15, 0.2) is 0 Å². The van der Waals surface area contributed by atoms with Crippen LogP contribution < -0.4 is 0 Å². The van der Waals surface area contributed by atoms with Gasteiger partial charge < -0.3 is 36.5 Å². The van der Waals surface area contributed by atoms with E-state index in [1.807, 2.05) is 11.3 Å². The van der Waals surface area contributed by atoms with Crippen molar-refractivity contribution in [2.75, 3.05) is 0 Å². The van der Waals surface area contributed by atoms with E-state index in [2.05, 4.69) is 570 Å². The molecule has 0 bridgehead atoms. The Labute approximate surface area is 848 Å². The van der Waals surface area contributed by atoms with Gasteiger partial charge in [-0.3, -0.25) is 0 Å². The summed E-state index contributed by atoms with van der Waals surface area (Å²) in [6.45, 7) is 0. The van der Waals surface area contributed by atoms with Crippen molar-refractivity contribution >= 4 is 206 Å². The molecular weight excluding hydrogens is 1800 g/mol. The Bertz CT molecular complexity index is 10700. The minimum absolute atomic E-state index is 1.14. The van der Waals surface area contributed by atoms with Crippen LogP contribution in [-0.2, 0) is 0 Å². The highest BCUT2D eigenvalue weighted by molar-refractivity contribution is 7.27. The quantitative estimate of drug-likeness (QED) is 0.124. The van der Waals surface area contributed by atoms with Crippen LogP contribution in [0, 0.1) is 0 Å². The number of hydrogen-bond donors (Lipinski definition) is 0. The van der Waals surface area contributed by atoms with E-state index in [1.165, 1.54) is 245 Å². The third-order valence-corrected chi connectivity index (χ3v) is 31.9. The Morgan fingerprint density at radius 1 is 0.102 bits per heavy atom. The summed E-state index contributed by atoms with van der Waals surface area (Å²) < 4.78 is 21.9. The van der Waals surface area contributed by atoms with E-state index in [0.717, 1.165) is 28.4 Å². The molecule has 0 saturated heterocycles. The minimum Gasteiger partial charge on any atom is -0.309 e. The Morgan fingerprint density at radius 3 is 0.585 bits per heavy atom. The van der Waals surface area contributed by atoms with Gasteiger partial charge in [-0.2, -0.15) is 0 Å². The molecule has 0 unspecified atom stereocenters. The fourth-order valence-electron chi connectivity index (χ4n) is 24.2. The molecule has 9 heteroatoms. The lowest BCUT2D eigenvalue weighted by Crippen LogP contribution is -1.99. The largest absolute Gasteiger partial charge is 0.309 e. The first kappa shape index (κ1) is 83.5. The summed E-state index contributed by atoms with van der Waals surface area (Å²) in [5.41, 5.74) is 36.1. The smallest absolute Gasteiger partial charge is 0.0542 e. The Kier molecular flexibility index (Phi) is 19.1. The van der Waals surface area contributed by atoms with E-state index in [4.69, 9.17) is 0 Å². The van der Waals surface area contributed by atoms with E-state index in [0.29, 0.717) is 0 Å². The first-order valence-electron chi connectivity index (χ1n) is 50.4. The van der Waals surface area contributed by atoms with Gasteiger partial charge in [0.1, 0.15) is 0 Å². The number of fused-ring (bicyclic) bond motifs is 27. The average Bonchev–Trinajstić information content (AvgIpc) is 1.57. The van der Waals surface area contributed by atoms with Gasteiger partial charge in [-0.25, -0.2) is 0 Å². The lowest BCUT2D eigenvalue weighted by atomic mass is 10.00. The molecule has 9 heterocycles. The molecule has 147 heavy (non-hydrogen) atoms. The molecule has 0 spiro atoms. The maximum atomic E-state index is 2.43. The van der Waals surface area contributed by atoms with Gasteiger partial charge in [-0.1, -0.05) is 346 Å². The molecule has 0 amide bonds. The van der Waals surface area contributed by atoms with E-state index >= 15 is 0 Å². The average molecular weight is 1890 g/mol.